The van der Waals surface area contributed by atoms with Crippen molar-refractivity contribution >= 4 is 5.91 Å². The van der Waals surface area contributed by atoms with Gasteiger partial charge in [-0.1, -0.05) is 36.4 Å². The van der Waals surface area contributed by atoms with Gasteiger partial charge in [0.05, 0.1) is 28.4 Å². The molecule has 8 nitrogen and oxygen atoms in total. The molecule has 0 fully saturated rings. The van der Waals surface area contributed by atoms with Crippen LogP contribution in [-0.2, 0) is 17.6 Å². The second-order valence-electron chi connectivity index (χ2n) is 9.84. The van der Waals surface area contributed by atoms with E-state index in [4.69, 9.17) is 18.9 Å². The second-order valence-corrected chi connectivity index (χ2v) is 9.84. The van der Waals surface area contributed by atoms with Crippen LogP contribution in [0, 0.1) is 0 Å². The van der Waals surface area contributed by atoms with Gasteiger partial charge in [-0.3, -0.25) is 15.1 Å². The first-order valence-corrected chi connectivity index (χ1v) is 13.1. The van der Waals surface area contributed by atoms with E-state index in [-0.39, 0.29) is 11.9 Å². The minimum atomic E-state index is -0.502. The molecule has 1 heterocycles. The number of carbonyl (C=O) groups excluding carboxylic acids is 1. The zero-order valence-electron chi connectivity index (χ0n) is 23.7. The predicted octanol–water partition coefficient (Wildman–Crippen LogP) is 4.59. The van der Waals surface area contributed by atoms with E-state index >= 15 is 0 Å². The Morgan fingerprint density at radius 1 is 0.897 bits per heavy atom. The zero-order chi connectivity index (χ0) is 27.9. The molecule has 0 saturated carbocycles. The molecule has 208 valence electrons. The molecular formula is C31H39N3O5. The molecule has 1 aliphatic rings. The number of nitrogens with zero attached hydrogens (tertiary/aromatic N) is 2. The van der Waals surface area contributed by atoms with E-state index in [0.717, 1.165) is 36.1 Å². The molecule has 1 aliphatic heterocycles. The number of rotatable bonds is 10. The van der Waals surface area contributed by atoms with Crippen LogP contribution in [0.25, 0.3) is 0 Å². The standard InChI is InChI=1S/C31H39N3O5/c1-33(2)32-31(35)30(22-11-8-7-9-12-22)34-16-10-13-23-19-28(38-5)29(39-6)20-24(23)25(34)17-21-14-15-26(36-3)27(18-21)37-4/h7-9,11-12,14-15,18-20,25,30H,10,13,16-17H2,1-6H3,(H,32,35). The summed E-state index contributed by atoms with van der Waals surface area (Å²) in [6.45, 7) is 0.734. The molecular weight excluding hydrogens is 494 g/mol. The topological polar surface area (TPSA) is 72.5 Å². The largest absolute Gasteiger partial charge is 0.493 e. The average Bonchev–Trinajstić information content (AvgIpc) is 3.11. The smallest absolute Gasteiger partial charge is 0.256 e. The molecule has 0 radical (unpaired) electrons. The first-order valence-electron chi connectivity index (χ1n) is 13.1. The SMILES string of the molecule is COc1ccc(CC2c3cc(OC)c(OC)cc3CCCN2C(C(=O)NN(C)C)c2ccccc2)cc1OC. The summed E-state index contributed by atoms with van der Waals surface area (Å²) in [6.07, 6.45) is 2.41. The van der Waals surface area contributed by atoms with Crippen molar-refractivity contribution in [3.63, 3.8) is 0 Å². The van der Waals surface area contributed by atoms with Crippen LogP contribution in [0.1, 0.15) is 40.8 Å². The van der Waals surface area contributed by atoms with E-state index in [2.05, 4.69) is 28.5 Å². The molecule has 1 N–H and O–H groups in total. The van der Waals surface area contributed by atoms with Gasteiger partial charge in [0, 0.05) is 26.7 Å². The summed E-state index contributed by atoms with van der Waals surface area (Å²) in [4.78, 5) is 16.1. The van der Waals surface area contributed by atoms with Crippen molar-refractivity contribution < 1.29 is 23.7 Å². The Balaban J connectivity index is 1.88. The Labute approximate surface area is 231 Å². The lowest BCUT2D eigenvalue weighted by atomic mass is 9.91. The van der Waals surface area contributed by atoms with Crippen molar-refractivity contribution in [3.05, 3.63) is 82.9 Å². The summed E-state index contributed by atoms with van der Waals surface area (Å²) in [5.74, 6) is 2.65. The minimum Gasteiger partial charge on any atom is -0.493 e. The van der Waals surface area contributed by atoms with Gasteiger partial charge in [0.1, 0.15) is 6.04 Å². The molecule has 1 amide bonds. The minimum absolute atomic E-state index is 0.0764. The fourth-order valence-electron chi connectivity index (χ4n) is 5.43. The van der Waals surface area contributed by atoms with Gasteiger partial charge in [0.15, 0.2) is 23.0 Å². The van der Waals surface area contributed by atoms with Crippen molar-refractivity contribution in [2.24, 2.45) is 0 Å². The number of fused-ring (bicyclic) bond motifs is 1. The maximum atomic E-state index is 13.8. The van der Waals surface area contributed by atoms with Crippen LogP contribution in [0.3, 0.4) is 0 Å². The van der Waals surface area contributed by atoms with Crippen LogP contribution in [0.4, 0.5) is 0 Å². The monoisotopic (exact) mass is 533 g/mol. The number of amides is 1. The van der Waals surface area contributed by atoms with Crippen LogP contribution in [-0.4, -0.2) is 64.9 Å². The molecule has 3 aromatic rings. The van der Waals surface area contributed by atoms with Crippen molar-refractivity contribution in [2.75, 3.05) is 49.1 Å². The van der Waals surface area contributed by atoms with Gasteiger partial charge in [-0.05, 0) is 65.8 Å². The lowest BCUT2D eigenvalue weighted by Gasteiger charge is -2.38. The number of aryl methyl sites for hydroxylation is 1. The van der Waals surface area contributed by atoms with Crippen molar-refractivity contribution in [3.8, 4) is 23.0 Å². The van der Waals surface area contributed by atoms with Gasteiger partial charge in [-0.15, -0.1) is 0 Å². The molecule has 0 aliphatic carbocycles. The third-order valence-corrected chi connectivity index (χ3v) is 7.17. The Hall–Kier alpha value is -3.75. The van der Waals surface area contributed by atoms with Crippen LogP contribution < -0.4 is 24.4 Å². The Bertz CT molecular complexity index is 1260. The number of ether oxygens (including phenoxy) is 4. The van der Waals surface area contributed by atoms with Gasteiger partial charge in [0.2, 0.25) is 0 Å². The summed E-state index contributed by atoms with van der Waals surface area (Å²) in [6, 6.07) is 19.5. The summed E-state index contributed by atoms with van der Waals surface area (Å²) in [5.41, 5.74) is 7.35. The maximum Gasteiger partial charge on any atom is 0.256 e. The van der Waals surface area contributed by atoms with E-state index in [1.807, 2.05) is 56.6 Å². The van der Waals surface area contributed by atoms with E-state index in [1.54, 1.807) is 33.4 Å². The number of hydrogen-bond donors (Lipinski definition) is 1. The summed E-state index contributed by atoms with van der Waals surface area (Å²) in [7, 11) is 10.2. The Morgan fingerprint density at radius 2 is 1.54 bits per heavy atom. The normalized spacial score (nSPS) is 16.1. The number of hydrogen-bond acceptors (Lipinski definition) is 7. The number of benzene rings is 3. The quantitative estimate of drug-likeness (QED) is 0.382. The number of carbonyl (C=O) groups is 1. The summed E-state index contributed by atoms with van der Waals surface area (Å²) in [5, 5.41) is 1.70. The van der Waals surface area contributed by atoms with E-state index in [0.29, 0.717) is 29.4 Å². The fourth-order valence-corrected chi connectivity index (χ4v) is 5.43. The van der Waals surface area contributed by atoms with E-state index in [9.17, 15) is 4.79 Å². The van der Waals surface area contributed by atoms with Gasteiger partial charge in [-0.25, -0.2) is 5.01 Å². The molecule has 2 unspecified atom stereocenters. The highest BCUT2D eigenvalue weighted by atomic mass is 16.5. The first kappa shape index (κ1) is 28.3. The van der Waals surface area contributed by atoms with Gasteiger partial charge >= 0.3 is 0 Å². The van der Waals surface area contributed by atoms with E-state index < -0.39 is 6.04 Å². The second kappa shape index (κ2) is 12.9. The molecule has 3 aromatic carbocycles. The zero-order valence-corrected chi connectivity index (χ0v) is 23.7. The highest BCUT2D eigenvalue weighted by Crippen LogP contribution is 2.42. The van der Waals surface area contributed by atoms with Crippen LogP contribution >= 0.6 is 0 Å². The van der Waals surface area contributed by atoms with Crippen LogP contribution in [0.2, 0.25) is 0 Å². The molecule has 0 saturated heterocycles. The molecule has 0 aromatic heterocycles. The molecule has 39 heavy (non-hydrogen) atoms. The molecule has 0 spiro atoms. The first-order chi connectivity index (χ1) is 18.9. The third-order valence-electron chi connectivity index (χ3n) is 7.17. The third kappa shape index (κ3) is 6.29. The lowest BCUT2D eigenvalue weighted by molar-refractivity contribution is -0.131. The van der Waals surface area contributed by atoms with Crippen molar-refractivity contribution in [2.45, 2.75) is 31.3 Å². The molecule has 0 bridgehead atoms. The molecule has 4 rings (SSSR count). The Morgan fingerprint density at radius 3 is 2.18 bits per heavy atom. The average molecular weight is 534 g/mol. The fraction of sp³-hybridized carbons (Fsp3) is 0.387. The number of methoxy groups -OCH3 is 4. The number of hydrazine groups is 1. The summed E-state index contributed by atoms with van der Waals surface area (Å²) >= 11 is 0. The van der Waals surface area contributed by atoms with Crippen LogP contribution in [0.15, 0.2) is 60.7 Å². The van der Waals surface area contributed by atoms with E-state index in [1.165, 1.54) is 5.56 Å². The van der Waals surface area contributed by atoms with Gasteiger partial charge in [0.25, 0.3) is 5.91 Å². The Kier molecular flexibility index (Phi) is 9.32. The van der Waals surface area contributed by atoms with Gasteiger partial charge < -0.3 is 18.9 Å². The highest BCUT2D eigenvalue weighted by molar-refractivity contribution is 5.83. The van der Waals surface area contributed by atoms with Crippen LogP contribution in [0.5, 0.6) is 23.0 Å². The predicted molar refractivity (Wildman–Crippen MR) is 152 cm³/mol. The van der Waals surface area contributed by atoms with Crippen molar-refractivity contribution in [1.29, 1.82) is 0 Å². The lowest BCUT2D eigenvalue weighted by Crippen LogP contribution is -2.47. The van der Waals surface area contributed by atoms with Gasteiger partial charge in [-0.2, -0.15) is 0 Å². The molecule has 2 atom stereocenters. The highest BCUT2D eigenvalue weighted by Gasteiger charge is 2.37. The van der Waals surface area contributed by atoms with Crippen molar-refractivity contribution in [1.82, 2.24) is 15.3 Å². The number of nitrogens with one attached hydrogen (secondary N) is 1. The molecule has 8 heteroatoms. The maximum absolute atomic E-state index is 13.8. The summed E-state index contributed by atoms with van der Waals surface area (Å²) < 4.78 is 22.4.